The zero-order valence-corrected chi connectivity index (χ0v) is 12.6. The van der Waals surface area contributed by atoms with E-state index in [9.17, 15) is 4.79 Å². The van der Waals surface area contributed by atoms with Crippen LogP contribution < -0.4 is 0 Å². The molecule has 0 fully saturated rings. The lowest BCUT2D eigenvalue weighted by Crippen LogP contribution is -2.00. The van der Waals surface area contributed by atoms with Crippen molar-refractivity contribution >= 4 is 16.6 Å². The van der Waals surface area contributed by atoms with Crippen LogP contribution in [0.25, 0.3) is 10.8 Å². The van der Waals surface area contributed by atoms with Crippen LogP contribution in [0.4, 0.5) is 0 Å². The molecule has 0 unspecified atom stereocenters. The average molecular weight is 276 g/mol. The Morgan fingerprint density at radius 3 is 2.52 bits per heavy atom. The highest BCUT2D eigenvalue weighted by molar-refractivity contribution is 6.00. The molecule has 0 amide bonds. The van der Waals surface area contributed by atoms with E-state index in [2.05, 4.69) is 32.1 Å². The summed E-state index contributed by atoms with van der Waals surface area (Å²) < 4.78 is 0. The molecule has 0 spiro atoms. The summed E-state index contributed by atoms with van der Waals surface area (Å²) in [6.07, 6.45) is 4.76. The molecule has 0 saturated carbocycles. The maximum Gasteiger partial charge on any atom is 0.163 e. The van der Waals surface area contributed by atoms with Crippen molar-refractivity contribution in [1.82, 2.24) is 0 Å². The Labute approximate surface area is 126 Å². The molecule has 1 aliphatic carbocycles. The lowest BCUT2D eigenvalue weighted by molar-refractivity contribution is 0.0983. The first-order valence-corrected chi connectivity index (χ1v) is 7.53. The van der Waals surface area contributed by atoms with Crippen molar-refractivity contribution in [3.8, 4) is 0 Å². The molecule has 1 aliphatic rings. The van der Waals surface area contributed by atoms with Gasteiger partial charge in [-0.1, -0.05) is 53.6 Å². The van der Waals surface area contributed by atoms with E-state index < -0.39 is 0 Å². The highest BCUT2D eigenvalue weighted by Gasteiger charge is 2.13. The fourth-order valence-electron chi connectivity index (χ4n) is 2.92. The molecule has 0 bridgehead atoms. The van der Waals surface area contributed by atoms with Crippen molar-refractivity contribution in [2.24, 2.45) is 0 Å². The van der Waals surface area contributed by atoms with Gasteiger partial charge in [0.15, 0.2) is 5.78 Å². The second kappa shape index (κ2) is 5.69. The third kappa shape index (κ3) is 2.82. The summed E-state index contributed by atoms with van der Waals surface area (Å²) in [5.74, 6) is 0.241. The summed E-state index contributed by atoms with van der Waals surface area (Å²) in [6.45, 7) is 4.31. The summed E-state index contributed by atoms with van der Waals surface area (Å²) in [7, 11) is 0. The minimum absolute atomic E-state index is 0.241. The van der Waals surface area contributed by atoms with Crippen LogP contribution in [0.5, 0.6) is 0 Å². The molecule has 2 aromatic carbocycles. The summed E-state index contributed by atoms with van der Waals surface area (Å²) in [5, 5.41) is 2.32. The third-order valence-electron chi connectivity index (χ3n) is 4.50. The van der Waals surface area contributed by atoms with Gasteiger partial charge in [-0.2, -0.15) is 0 Å². The largest absolute Gasteiger partial charge is 0.294 e. The quantitative estimate of drug-likeness (QED) is 0.677. The Morgan fingerprint density at radius 1 is 1.05 bits per heavy atom. The van der Waals surface area contributed by atoms with Gasteiger partial charge in [-0.3, -0.25) is 4.79 Å². The Kier molecular flexibility index (Phi) is 3.74. The predicted molar refractivity (Wildman–Crippen MR) is 88.6 cm³/mol. The van der Waals surface area contributed by atoms with Crippen molar-refractivity contribution in [3.05, 3.63) is 70.8 Å². The number of ketones is 1. The van der Waals surface area contributed by atoms with E-state index in [-0.39, 0.29) is 5.78 Å². The van der Waals surface area contributed by atoms with E-state index in [1.807, 2.05) is 30.3 Å². The standard InChI is InChI=1S/C20H20O/c1-14-7-8-16(15(14)2)11-12-20(21)19-10-9-17-5-3-4-6-18(17)13-19/h3-7,9-10,13H,8,11-12H2,1-2H3. The lowest BCUT2D eigenvalue weighted by Gasteiger charge is -2.06. The number of allylic oxidation sites excluding steroid dienone is 4. The number of carbonyl (C=O) groups is 1. The minimum Gasteiger partial charge on any atom is -0.294 e. The van der Waals surface area contributed by atoms with Gasteiger partial charge < -0.3 is 0 Å². The second-order valence-electron chi connectivity index (χ2n) is 5.80. The van der Waals surface area contributed by atoms with Crippen molar-refractivity contribution < 1.29 is 4.79 Å². The topological polar surface area (TPSA) is 17.1 Å². The van der Waals surface area contributed by atoms with Crippen molar-refractivity contribution in [3.63, 3.8) is 0 Å². The number of fused-ring (bicyclic) bond motifs is 1. The Balaban J connectivity index is 1.73. The SMILES string of the molecule is CC1=CCC(CCC(=O)c2ccc3ccccc3c2)=C1C. The summed E-state index contributed by atoms with van der Waals surface area (Å²) >= 11 is 0. The van der Waals surface area contributed by atoms with Crippen molar-refractivity contribution in [1.29, 1.82) is 0 Å². The minimum atomic E-state index is 0.241. The van der Waals surface area contributed by atoms with E-state index in [4.69, 9.17) is 0 Å². The van der Waals surface area contributed by atoms with Crippen molar-refractivity contribution in [2.75, 3.05) is 0 Å². The summed E-state index contributed by atoms with van der Waals surface area (Å²) in [4.78, 5) is 12.4. The summed E-state index contributed by atoms with van der Waals surface area (Å²) in [5.41, 5.74) is 4.99. The maximum atomic E-state index is 12.4. The van der Waals surface area contributed by atoms with Crippen LogP contribution in [0.2, 0.25) is 0 Å². The van der Waals surface area contributed by atoms with Gasteiger partial charge in [-0.15, -0.1) is 0 Å². The summed E-state index contributed by atoms with van der Waals surface area (Å²) in [6, 6.07) is 14.2. The Bertz CT molecular complexity index is 762. The van der Waals surface area contributed by atoms with E-state index in [0.29, 0.717) is 6.42 Å². The van der Waals surface area contributed by atoms with Gasteiger partial charge in [-0.05, 0) is 49.1 Å². The number of hydrogen-bond donors (Lipinski definition) is 0. The van der Waals surface area contributed by atoms with Crippen LogP contribution >= 0.6 is 0 Å². The average Bonchev–Trinajstić information content (AvgIpc) is 2.84. The number of Topliss-reactive ketones (excluding diaryl/α,β-unsaturated/α-hetero) is 1. The molecule has 0 N–H and O–H groups in total. The van der Waals surface area contributed by atoms with E-state index in [1.54, 1.807) is 0 Å². The lowest BCUT2D eigenvalue weighted by atomic mass is 9.98. The molecule has 2 aromatic rings. The van der Waals surface area contributed by atoms with Crippen LogP contribution in [0.15, 0.2) is 65.3 Å². The molecular formula is C20H20O. The third-order valence-corrected chi connectivity index (χ3v) is 4.50. The van der Waals surface area contributed by atoms with Crippen LogP contribution in [0, 0.1) is 0 Å². The van der Waals surface area contributed by atoms with Crippen LogP contribution in [0.1, 0.15) is 43.5 Å². The molecule has 1 heteroatoms. The number of benzene rings is 2. The first-order chi connectivity index (χ1) is 10.1. The molecular weight excluding hydrogens is 256 g/mol. The monoisotopic (exact) mass is 276 g/mol. The maximum absolute atomic E-state index is 12.4. The van der Waals surface area contributed by atoms with Crippen LogP contribution in [-0.4, -0.2) is 5.78 Å². The number of hydrogen-bond acceptors (Lipinski definition) is 1. The zero-order valence-electron chi connectivity index (χ0n) is 12.6. The zero-order chi connectivity index (χ0) is 14.8. The molecule has 0 radical (unpaired) electrons. The molecule has 0 aromatic heterocycles. The van der Waals surface area contributed by atoms with Gasteiger partial charge >= 0.3 is 0 Å². The molecule has 0 saturated heterocycles. The Morgan fingerprint density at radius 2 is 1.81 bits per heavy atom. The van der Waals surface area contributed by atoms with Crippen molar-refractivity contribution in [2.45, 2.75) is 33.1 Å². The van der Waals surface area contributed by atoms with E-state index in [1.165, 1.54) is 22.1 Å². The van der Waals surface area contributed by atoms with Gasteiger partial charge in [-0.25, -0.2) is 0 Å². The molecule has 106 valence electrons. The fraction of sp³-hybridized carbons (Fsp3) is 0.250. The fourth-order valence-corrected chi connectivity index (χ4v) is 2.92. The second-order valence-corrected chi connectivity index (χ2v) is 5.80. The van der Waals surface area contributed by atoms with E-state index in [0.717, 1.165) is 23.8 Å². The van der Waals surface area contributed by atoms with Gasteiger partial charge in [0.2, 0.25) is 0 Å². The Hall–Kier alpha value is -2.15. The molecule has 0 aliphatic heterocycles. The number of rotatable bonds is 4. The highest BCUT2D eigenvalue weighted by Crippen LogP contribution is 2.29. The van der Waals surface area contributed by atoms with Gasteiger partial charge in [0.1, 0.15) is 0 Å². The first-order valence-electron chi connectivity index (χ1n) is 7.53. The van der Waals surface area contributed by atoms with E-state index >= 15 is 0 Å². The molecule has 21 heavy (non-hydrogen) atoms. The molecule has 0 atom stereocenters. The smallest absolute Gasteiger partial charge is 0.163 e. The van der Waals surface area contributed by atoms with Crippen LogP contribution in [-0.2, 0) is 0 Å². The molecule has 1 nitrogen and oxygen atoms in total. The molecule has 0 heterocycles. The van der Waals surface area contributed by atoms with Gasteiger partial charge in [0, 0.05) is 12.0 Å². The van der Waals surface area contributed by atoms with Crippen LogP contribution in [0.3, 0.4) is 0 Å². The highest BCUT2D eigenvalue weighted by atomic mass is 16.1. The first kappa shape index (κ1) is 13.8. The van der Waals surface area contributed by atoms with Gasteiger partial charge in [0.05, 0.1) is 0 Å². The van der Waals surface area contributed by atoms with Gasteiger partial charge in [0.25, 0.3) is 0 Å². The normalized spacial score (nSPS) is 14.7. The molecule has 3 rings (SSSR count). The predicted octanol–water partition coefficient (Wildman–Crippen LogP) is 5.47. The number of carbonyl (C=O) groups excluding carboxylic acids is 1.